The molecule has 48 heavy (non-hydrogen) atoms. The van der Waals surface area contributed by atoms with Crippen LogP contribution in [0.25, 0.3) is 0 Å². The van der Waals surface area contributed by atoms with Gasteiger partial charge in [-0.3, -0.25) is 14.4 Å². The van der Waals surface area contributed by atoms with Gasteiger partial charge < -0.3 is 30.7 Å². The third-order valence-corrected chi connectivity index (χ3v) is 6.94. The normalized spacial score (nSPS) is 13.2. The molecule has 0 aliphatic heterocycles. The molecule has 0 bridgehead atoms. The SMILES string of the molecule is C#Cc1ccccc1C(C(=O)NC(Cc1ccccc1)C(=O)OC(C)(C)C)N(CCCCC)C(=O)C(CC(N)=O)NC(=O)OC(C)(C)C. The molecule has 11 nitrogen and oxygen atoms in total. The summed E-state index contributed by atoms with van der Waals surface area (Å²) >= 11 is 0. The van der Waals surface area contributed by atoms with E-state index in [0.29, 0.717) is 24.0 Å². The molecule has 4 amide bonds. The van der Waals surface area contributed by atoms with E-state index in [4.69, 9.17) is 21.6 Å². The fourth-order valence-electron chi connectivity index (χ4n) is 4.93. The third kappa shape index (κ3) is 13.1. The number of ether oxygens (including phenoxy) is 2. The predicted octanol–water partition coefficient (Wildman–Crippen LogP) is 4.57. The Balaban J connectivity index is 2.69. The van der Waals surface area contributed by atoms with Crippen LogP contribution in [0.4, 0.5) is 4.79 Å². The van der Waals surface area contributed by atoms with Crippen LogP contribution in [0.2, 0.25) is 0 Å². The number of carbonyl (C=O) groups is 5. The smallest absolute Gasteiger partial charge is 0.408 e. The summed E-state index contributed by atoms with van der Waals surface area (Å²) in [6.45, 7) is 12.2. The van der Waals surface area contributed by atoms with Gasteiger partial charge in [-0.2, -0.15) is 0 Å². The largest absolute Gasteiger partial charge is 0.458 e. The second kappa shape index (κ2) is 17.9. The van der Waals surface area contributed by atoms with Gasteiger partial charge in [0.05, 0.1) is 6.42 Å². The number of nitrogens with zero attached hydrogens (tertiary/aromatic N) is 1. The Hall–Kier alpha value is -4.85. The number of rotatable bonds is 15. The Morgan fingerprint density at radius 1 is 0.854 bits per heavy atom. The predicted molar refractivity (Wildman–Crippen MR) is 183 cm³/mol. The number of nitrogens with two attached hydrogens (primary N) is 1. The number of primary amides is 1. The lowest BCUT2D eigenvalue weighted by Crippen LogP contribution is -2.56. The highest BCUT2D eigenvalue weighted by molar-refractivity contribution is 5.96. The molecule has 0 spiro atoms. The Morgan fingerprint density at radius 2 is 1.46 bits per heavy atom. The van der Waals surface area contributed by atoms with Crippen molar-refractivity contribution in [3.05, 3.63) is 71.3 Å². The molecule has 0 saturated heterocycles. The molecular weight excluding hydrogens is 612 g/mol. The standard InChI is InChI=1S/C37H50N4O7/c1-9-11-17-22-41(33(44)28(24-30(38)42)40-35(46)48-37(6,7)8)31(27-21-16-15-20-26(27)10-2)32(43)39-29(34(45)47-36(3,4)5)23-25-18-13-12-14-19-25/h2,12-16,18-21,28-29,31H,9,11,17,22-24H2,1,3-8H3,(H2,38,42)(H,39,43)(H,40,46). The monoisotopic (exact) mass is 662 g/mol. The van der Waals surface area contributed by atoms with Crippen LogP contribution < -0.4 is 16.4 Å². The average Bonchev–Trinajstić information content (AvgIpc) is 2.98. The van der Waals surface area contributed by atoms with Gasteiger partial charge in [0.15, 0.2) is 0 Å². The quantitative estimate of drug-likeness (QED) is 0.143. The Kier molecular flexibility index (Phi) is 14.7. The zero-order valence-corrected chi connectivity index (χ0v) is 29.1. The van der Waals surface area contributed by atoms with E-state index < -0.39 is 65.5 Å². The number of terminal acetylenes is 1. The minimum Gasteiger partial charge on any atom is -0.458 e. The maximum Gasteiger partial charge on any atom is 0.408 e. The molecule has 2 aromatic rings. The molecule has 11 heteroatoms. The molecule has 0 aliphatic rings. The molecule has 0 aliphatic carbocycles. The Bertz CT molecular complexity index is 1450. The molecule has 3 unspecified atom stereocenters. The van der Waals surface area contributed by atoms with E-state index in [1.165, 1.54) is 4.90 Å². The first-order chi connectivity index (χ1) is 22.5. The molecule has 0 aromatic heterocycles. The maximum absolute atomic E-state index is 14.5. The van der Waals surface area contributed by atoms with E-state index in [2.05, 4.69) is 16.6 Å². The zero-order chi connectivity index (χ0) is 36.1. The average molecular weight is 663 g/mol. The first-order valence-corrected chi connectivity index (χ1v) is 16.2. The van der Waals surface area contributed by atoms with E-state index in [0.717, 1.165) is 12.0 Å². The minimum absolute atomic E-state index is 0.0602. The van der Waals surface area contributed by atoms with Gasteiger partial charge >= 0.3 is 12.1 Å². The molecule has 4 N–H and O–H groups in total. The molecule has 260 valence electrons. The van der Waals surface area contributed by atoms with Gasteiger partial charge in [-0.15, -0.1) is 6.42 Å². The summed E-state index contributed by atoms with van der Waals surface area (Å²) in [7, 11) is 0. The number of amides is 4. The zero-order valence-electron chi connectivity index (χ0n) is 29.1. The van der Waals surface area contributed by atoms with Gasteiger partial charge in [0, 0.05) is 18.5 Å². The first-order valence-electron chi connectivity index (χ1n) is 16.2. The van der Waals surface area contributed by atoms with Gasteiger partial charge in [0.1, 0.15) is 29.3 Å². The Labute approximate surface area is 284 Å². The van der Waals surface area contributed by atoms with Crippen molar-refractivity contribution >= 4 is 29.8 Å². The lowest BCUT2D eigenvalue weighted by atomic mass is 9.96. The summed E-state index contributed by atoms with van der Waals surface area (Å²) in [5.74, 6) is -0.382. The molecule has 2 aromatic carbocycles. The number of hydrogen-bond donors (Lipinski definition) is 3. The van der Waals surface area contributed by atoms with E-state index in [9.17, 15) is 24.0 Å². The fraction of sp³-hybridized carbons (Fsp3) is 0.486. The van der Waals surface area contributed by atoms with Crippen molar-refractivity contribution in [2.24, 2.45) is 5.73 Å². The van der Waals surface area contributed by atoms with Crippen LogP contribution in [-0.4, -0.2) is 64.5 Å². The molecule has 2 rings (SSSR count). The fourth-order valence-corrected chi connectivity index (χ4v) is 4.93. The summed E-state index contributed by atoms with van der Waals surface area (Å²) in [6, 6.07) is 11.8. The molecule has 0 fully saturated rings. The lowest BCUT2D eigenvalue weighted by molar-refractivity contribution is -0.159. The first kappa shape index (κ1) is 39.3. The van der Waals surface area contributed by atoms with Crippen molar-refractivity contribution < 1.29 is 33.4 Å². The van der Waals surface area contributed by atoms with E-state index in [-0.39, 0.29) is 13.0 Å². The van der Waals surface area contributed by atoms with Crippen LogP contribution in [0, 0.1) is 12.3 Å². The van der Waals surface area contributed by atoms with Gasteiger partial charge in [-0.25, -0.2) is 9.59 Å². The summed E-state index contributed by atoms with van der Waals surface area (Å²) in [5.41, 5.74) is 5.21. The lowest BCUT2D eigenvalue weighted by Gasteiger charge is -2.35. The van der Waals surface area contributed by atoms with Crippen LogP contribution >= 0.6 is 0 Å². The highest BCUT2D eigenvalue weighted by Gasteiger charge is 2.39. The van der Waals surface area contributed by atoms with E-state index in [1.54, 1.807) is 65.8 Å². The number of benzene rings is 2. The van der Waals surface area contributed by atoms with Crippen LogP contribution in [0.3, 0.4) is 0 Å². The highest BCUT2D eigenvalue weighted by atomic mass is 16.6. The van der Waals surface area contributed by atoms with Crippen molar-refractivity contribution in [2.45, 2.75) is 110 Å². The second-order valence-electron chi connectivity index (χ2n) is 13.5. The van der Waals surface area contributed by atoms with Crippen molar-refractivity contribution in [3.8, 4) is 12.3 Å². The summed E-state index contributed by atoms with van der Waals surface area (Å²) < 4.78 is 11.0. The van der Waals surface area contributed by atoms with Gasteiger partial charge in [-0.05, 0) is 65.2 Å². The molecule has 0 heterocycles. The van der Waals surface area contributed by atoms with Gasteiger partial charge in [0.2, 0.25) is 17.7 Å². The van der Waals surface area contributed by atoms with Crippen LogP contribution in [0.1, 0.15) is 96.9 Å². The summed E-state index contributed by atoms with van der Waals surface area (Å²) in [6.07, 6.45) is 6.49. The van der Waals surface area contributed by atoms with Gasteiger partial charge in [-0.1, -0.05) is 74.2 Å². The Morgan fingerprint density at radius 3 is 2.02 bits per heavy atom. The molecule has 0 saturated carbocycles. The van der Waals surface area contributed by atoms with Crippen LogP contribution in [-0.2, 0) is 35.1 Å². The summed E-state index contributed by atoms with van der Waals surface area (Å²) in [4.78, 5) is 68.7. The van der Waals surface area contributed by atoms with Crippen molar-refractivity contribution in [1.29, 1.82) is 0 Å². The van der Waals surface area contributed by atoms with Crippen molar-refractivity contribution in [2.75, 3.05) is 6.54 Å². The summed E-state index contributed by atoms with van der Waals surface area (Å²) in [5, 5.41) is 5.30. The van der Waals surface area contributed by atoms with Crippen LogP contribution in [0.15, 0.2) is 54.6 Å². The van der Waals surface area contributed by atoms with Crippen LogP contribution in [0.5, 0.6) is 0 Å². The minimum atomic E-state index is -1.46. The number of esters is 1. The maximum atomic E-state index is 14.5. The third-order valence-electron chi connectivity index (χ3n) is 6.94. The van der Waals surface area contributed by atoms with Crippen molar-refractivity contribution in [1.82, 2.24) is 15.5 Å². The van der Waals surface area contributed by atoms with E-state index >= 15 is 0 Å². The second-order valence-corrected chi connectivity index (χ2v) is 13.5. The van der Waals surface area contributed by atoms with Crippen molar-refractivity contribution in [3.63, 3.8) is 0 Å². The number of hydrogen-bond acceptors (Lipinski definition) is 7. The number of carbonyl (C=O) groups excluding carboxylic acids is 5. The molecular formula is C37H50N4O7. The number of unbranched alkanes of at least 4 members (excludes halogenated alkanes) is 2. The highest BCUT2D eigenvalue weighted by Crippen LogP contribution is 2.27. The topological polar surface area (TPSA) is 157 Å². The number of alkyl carbamates (subject to hydrolysis) is 1. The molecule has 3 atom stereocenters. The van der Waals surface area contributed by atoms with E-state index in [1.807, 2.05) is 37.3 Å². The van der Waals surface area contributed by atoms with Gasteiger partial charge in [0.25, 0.3) is 0 Å². The number of nitrogens with one attached hydrogen (secondary N) is 2. The molecule has 0 radical (unpaired) electrons.